The predicted octanol–water partition coefficient (Wildman–Crippen LogP) is 8.12. The number of halogens is 1. The average molecular weight is 554 g/mol. The van der Waals surface area contributed by atoms with Crippen molar-refractivity contribution < 1.29 is 14.6 Å². The van der Waals surface area contributed by atoms with E-state index in [0.717, 1.165) is 77.4 Å². The Morgan fingerprint density at radius 3 is 2.58 bits per heavy atom. The molecule has 0 unspecified atom stereocenters. The van der Waals surface area contributed by atoms with Crippen molar-refractivity contribution in [1.82, 2.24) is 14.9 Å². The third kappa shape index (κ3) is 5.21. The Hall–Kier alpha value is -3.74. The van der Waals surface area contributed by atoms with Gasteiger partial charge >= 0.3 is 5.97 Å². The summed E-state index contributed by atoms with van der Waals surface area (Å²) in [6, 6.07) is 18.2. The molecule has 0 spiro atoms. The van der Waals surface area contributed by atoms with Gasteiger partial charge in [0, 0.05) is 28.9 Å². The highest BCUT2D eigenvalue weighted by Crippen LogP contribution is 2.45. The van der Waals surface area contributed by atoms with Crippen molar-refractivity contribution in [3.63, 3.8) is 0 Å². The van der Waals surface area contributed by atoms with Gasteiger partial charge in [-0.1, -0.05) is 29.8 Å². The molecular formula is C33H32ClN3O3. The molecule has 6 rings (SSSR count). The summed E-state index contributed by atoms with van der Waals surface area (Å²) in [6.45, 7) is 4.99. The highest BCUT2D eigenvalue weighted by atomic mass is 35.5. The summed E-state index contributed by atoms with van der Waals surface area (Å²) in [5.74, 6) is 0.468. The molecule has 7 heteroatoms. The molecule has 3 heterocycles. The molecule has 2 atom stereocenters. The number of likely N-dealkylation sites (tertiary alicyclic amines) is 1. The first-order valence-electron chi connectivity index (χ1n) is 13.9. The molecule has 1 aliphatic carbocycles. The minimum Gasteiger partial charge on any atom is -0.477 e. The zero-order chi connectivity index (χ0) is 27.8. The number of carboxylic acids is 1. The molecule has 2 aromatic heterocycles. The van der Waals surface area contributed by atoms with E-state index in [4.69, 9.17) is 16.3 Å². The molecule has 0 amide bonds. The van der Waals surface area contributed by atoms with Gasteiger partial charge in [-0.05, 0) is 117 Å². The fourth-order valence-electron chi connectivity index (χ4n) is 6.29. The quantitative estimate of drug-likeness (QED) is 0.260. The molecule has 204 valence electrons. The number of hydrogen-bond donors (Lipinski definition) is 1. The Labute approximate surface area is 239 Å². The topological polar surface area (TPSA) is 75.5 Å². The van der Waals surface area contributed by atoms with Gasteiger partial charge in [0.15, 0.2) is 0 Å². The first kappa shape index (κ1) is 26.5. The van der Waals surface area contributed by atoms with Crippen molar-refractivity contribution in [1.29, 1.82) is 0 Å². The van der Waals surface area contributed by atoms with E-state index >= 15 is 0 Å². The molecule has 1 fully saturated rings. The number of nitrogens with zero attached hydrogens (tertiary/aromatic N) is 3. The van der Waals surface area contributed by atoms with Gasteiger partial charge in [-0.25, -0.2) is 9.78 Å². The van der Waals surface area contributed by atoms with Crippen LogP contribution in [-0.2, 0) is 6.42 Å². The number of aromatic carboxylic acids is 1. The number of fused-ring (bicyclic) bond motifs is 1. The van der Waals surface area contributed by atoms with Crippen molar-refractivity contribution >= 4 is 17.6 Å². The molecule has 1 saturated heterocycles. The fraction of sp³-hybridized carbons (Fsp3) is 0.303. The van der Waals surface area contributed by atoms with Gasteiger partial charge in [0.25, 0.3) is 0 Å². The van der Waals surface area contributed by atoms with Crippen LogP contribution in [0.3, 0.4) is 0 Å². The lowest BCUT2D eigenvalue weighted by atomic mass is 9.84. The minimum atomic E-state index is -1.02. The van der Waals surface area contributed by atoms with Crippen molar-refractivity contribution in [2.24, 2.45) is 0 Å². The van der Waals surface area contributed by atoms with E-state index in [2.05, 4.69) is 39.1 Å². The highest BCUT2D eigenvalue weighted by Gasteiger charge is 2.35. The second-order valence-corrected chi connectivity index (χ2v) is 11.2. The molecule has 1 N–H and O–H groups in total. The second-order valence-electron chi connectivity index (χ2n) is 10.9. The summed E-state index contributed by atoms with van der Waals surface area (Å²) in [5.41, 5.74) is 7.53. The molecule has 4 aromatic rings. The van der Waals surface area contributed by atoms with Crippen LogP contribution in [0.5, 0.6) is 11.5 Å². The zero-order valence-electron chi connectivity index (χ0n) is 22.7. The average Bonchev–Trinajstić information content (AvgIpc) is 3.45. The molecule has 0 radical (unpaired) electrons. The van der Waals surface area contributed by atoms with Crippen LogP contribution in [0.1, 0.15) is 76.1 Å². The van der Waals surface area contributed by atoms with Gasteiger partial charge < -0.3 is 9.84 Å². The van der Waals surface area contributed by atoms with E-state index < -0.39 is 5.97 Å². The summed E-state index contributed by atoms with van der Waals surface area (Å²) in [5, 5.41) is 10.2. The standard InChI is InChI=1S/C33H32ClN3O3/c1-20-14-25(15-21(2)32(20)34)40-26-16-24(18-35-19-26)30-10-5-13-37(30)31-9-3-6-22-11-12-23(17-27(22)31)28-7-4-8-29(36-28)33(38)39/h4,7-8,11-12,14-19,30-31H,3,5-6,9-10,13H2,1-2H3,(H,38,39)/t30-,31-/m1/s1. The summed E-state index contributed by atoms with van der Waals surface area (Å²) in [7, 11) is 0. The molecule has 40 heavy (non-hydrogen) atoms. The number of aromatic nitrogens is 2. The lowest BCUT2D eigenvalue weighted by molar-refractivity contribution is 0.0690. The van der Waals surface area contributed by atoms with E-state index in [-0.39, 0.29) is 17.8 Å². The zero-order valence-corrected chi connectivity index (χ0v) is 23.5. The largest absolute Gasteiger partial charge is 0.477 e. The van der Waals surface area contributed by atoms with E-state index in [1.807, 2.05) is 38.2 Å². The van der Waals surface area contributed by atoms with Crippen molar-refractivity contribution in [3.05, 3.63) is 106 Å². The van der Waals surface area contributed by atoms with Gasteiger partial charge in [-0.2, -0.15) is 0 Å². The van der Waals surface area contributed by atoms with Crippen LogP contribution < -0.4 is 4.74 Å². The van der Waals surface area contributed by atoms with Gasteiger partial charge in [0.2, 0.25) is 0 Å². The van der Waals surface area contributed by atoms with Crippen molar-refractivity contribution in [2.75, 3.05) is 6.54 Å². The fourth-order valence-corrected chi connectivity index (χ4v) is 6.40. The molecule has 0 bridgehead atoms. The van der Waals surface area contributed by atoms with Crippen LogP contribution in [0.25, 0.3) is 11.3 Å². The number of aryl methyl sites for hydroxylation is 3. The number of rotatable bonds is 6. The maximum atomic E-state index is 11.5. The number of benzene rings is 2. The highest BCUT2D eigenvalue weighted by molar-refractivity contribution is 6.32. The van der Waals surface area contributed by atoms with Gasteiger partial charge in [0.1, 0.15) is 17.2 Å². The maximum Gasteiger partial charge on any atom is 0.354 e. The van der Waals surface area contributed by atoms with Crippen LogP contribution in [0.4, 0.5) is 0 Å². The van der Waals surface area contributed by atoms with Gasteiger partial charge in [-0.3, -0.25) is 9.88 Å². The molecule has 2 aromatic carbocycles. The van der Waals surface area contributed by atoms with E-state index in [9.17, 15) is 9.90 Å². The predicted molar refractivity (Wildman–Crippen MR) is 156 cm³/mol. The Morgan fingerprint density at radius 1 is 0.975 bits per heavy atom. The van der Waals surface area contributed by atoms with E-state index in [1.165, 1.54) is 17.2 Å². The summed E-state index contributed by atoms with van der Waals surface area (Å²) in [6.07, 6.45) is 9.21. The molecule has 6 nitrogen and oxygen atoms in total. The summed E-state index contributed by atoms with van der Waals surface area (Å²) in [4.78, 5) is 23.1. The molecule has 2 aliphatic rings. The summed E-state index contributed by atoms with van der Waals surface area (Å²) < 4.78 is 6.24. The lowest BCUT2D eigenvalue weighted by Crippen LogP contribution is -2.31. The van der Waals surface area contributed by atoms with Gasteiger partial charge in [-0.15, -0.1) is 0 Å². The SMILES string of the molecule is Cc1cc(Oc2cncc([C@H]3CCCN3[C@@H]3CCCc4ccc(-c5cccc(C(=O)O)n5)cc43)c2)cc(C)c1Cl. The number of carboxylic acid groups (broad SMARTS) is 1. The second kappa shape index (κ2) is 11.0. The third-order valence-corrected chi connectivity index (χ3v) is 8.75. The first-order chi connectivity index (χ1) is 19.4. The number of pyridine rings is 2. The van der Waals surface area contributed by atoms with Crippen LogP contribution in [0.15, 0.2) is 67.0 Å². The monoisotopic (exact) mass is 553 g/mol. The molecular weight excluding hydrogens is 522 g/mol. The minimum absolute atomic E-state index is 0.0601. The van der Waals surface area contributed by atoms with Crippen molar-refractivity contribution in [2.45, 2.75) is 58.0 Å². The van der Waals surface area contributed by atoms with Crippen LogP contribution in [0.2, 0.25) is 5.02 Å². The van der Waals surface area contributed by atoms with Crippen LogP contribution in [0, 0.1) is 13.8 Å². The number of ether oxygens (including phenoxy) is 1. The third-order valence-electron chi connectivity index (χ3n) is 8.15. The smallest absolute Gasteiger partial charge is 0.354 e. The van der Waals surface area contributed by atoms with Crippen LogP contribution >= 0.6 is 11.6 Å². The maximum absolute atomic E-state index is 11.5. The Balaban J connectivity index is 1.29. The van der Waals surface area contributed by atoms with E-state index in [0.29, 0.717) is 5.69 Å². The number of carbonyl (C=O) groups is 1. The summed E-state index contributed by atoms with van der Waals surface area (Å²) >= 11 is 6.35. The Kier molecular flexibility index (Phi) is 7.30. The lowest BCUT2D eigenvalue weighted by Gasteiger charge is -2.37. The van der Waals surface area contributed by atoms with Gasteiger partial charge in [0.05, 0.1) is 11.9 Å². The van der Waals surface area contributed by atoms with Crippen molar-refractivity contribution in [3.8, 4) is 22.8 Å². The molecule has 1 aliphatic heterocycles. The molecule has 0 saturated carbocycles. The number of hydrogen-bond acceptors (Lipinski definition) is 5. The van der Waals surface area contributed by atoms with Crippen LogP contribution in [-0.4, -0.2) is 32.5 Å². The Morgan fingerprint density at radius 2 is 1.77 bits per heavy atom. The normalized spacial score (nSPS) is 18.9. The Bertz CT molecular complexity index is 1560. The van der Waals surface area contributed by atoms with E-state index in [1.54, 1.807) is 12.3 Å². The first-order valence-corrected chi connectivity index (χ1v) is 14.2.